The second-order valence-electron chi connectivity index (χ2n) is 10.5. The van der Waals surface area contributed by atoms with E-state index < -0.39 is 23.3 Å². The van der Waals surface area contributed by atoms with Gasteiger partial charge in [0.15, 0.2) is 0 Å². The van der Waals surface area contributed by atoms with Crippen molar-refractivity contribution in [3.63, 3.8) is 0 Å². The van der Waals surface area contributed by atoms with E-state index in [-0.39, 0.29) is 24.8 Å². The number of hydrogen-bond donors (Lipinski definition) is 0. The summed E-state index contributed by atoms with van der Waals surface area (Å²) < 4.78 is 53.5. The highest BCUT2D eigenvalue weighted by molar-refractivity contribution is 5.87. The molecular formula is C28H32F3N3O4. The van der Waals surface area contributed by atoms with Crippen molar-refractivity contribution in [2.75, 3.05) is 13.7 Å². The number of benzene rings is 1. The number of nitrogens with zero attached hydrogens (tertiary/aromatic N) is 3. The molecule has 1 amide bonds. The van der Waals surface area contributed by atoms with E-state index >= 15 is 0 Å². The molecule has 7 nitrogen and oxygen atoms in total. The minimum Gasteiger partial charge on any atom is -0.481 e. The van der Waals surface area contributed by atoms with Gasteiger partial charge in [-0.15, -0.1) is 0 Å². The number of aromatic nitrogens is 2. The molecule has 4 rings (SSSR count). The summed E-state index contributed by atoms with van der Waals surface area (Å²) in [6.45, 7) is 7.51. The third-order valence-electron chi connectivity index (χ3n) is 6.32. The highest BCUT2D eigenvalue weighted by atomic mass is 19.4. The van der Waals surface area contributed by atoms with Gasteiger partial charge in [0.25, 0.3) is 0 Å². The van der Waals surface area contributed by atoms with E-state index in [1.54, 1.807) is 48.6 Å². The van der Waals surface area contributed by atoms with Crippen LogP contribution in [-0.2, 0) is 33.5 Å². The molecule has 1 aliphatic carbocycles. The van der Waals surface area contributed by atoms with Gasteiger partial charge in [-0.25, -0.2) is 0 Å². The molecule has 1 fully saturated rings. The van der Waals surface area contributed by atoms with Crippen LogP contribution < -0.4 is 4.74 Å². The Morgan fingerprint density at radius 2 is 1.82 bits per heavy atom. The molecule has 0 unspecified atom stereocenters. The largest absolute Gasteiger partial charge is 0.481 e. The topological polar surface area (TPSA) is 73.7 Å². The van der Waals surface area contributed by atoms with Crippen LogP contribution >= 0.6 is 0 Å². The smallest absolute Gasteiger partial charge is 0.416 e. The summed E-state index contributed by atoms with van der Waals surface area (Å²) in [7, 11) is 1.47. The fraction of sp³-hybridized carbons (Fsp3) is 0.464. The first-order chi connectivity index (χ1) is 17.8. The first kappa shape index (κ1) is 27.5. The fourth-order valence-corrected chi connectivity index (χ4v) is 4.39. The number of amides is 1. The molecule has 10 heteroatoms. The lowest BCUT2D eigenvalue weighted by Gasteiger charge is -2.24. The standard InChI is InChI=1S/C28H32F3N3O4/c1-6-33(26(36)17-7-8-17)15-19-13-20(28(29,30)31)9-11-22(19)34-16-18(14-24(35)38-27(2,3)4)21-10-12-23(37-5)32-25(21)34/h9-13,16-17H,6-8,14-15H2,1-5H3. The summed E-state index contributed by atoms with van der Waals surface area (Å²) in [5.41, 5.74) is 0.302. The molecule has 0 aliphatic heterocycles. The Morgan fingerprint density at radius 3 is 2.39 bits per heavy atom. The summed E-state index contributed by atoms with van der Waals surface area (Å²) in [4.78, 5) is 31.6. The van der Waals surface area contributed by atoms with Crippen molar-refractivity contribution < 1.29 is 32.2 Å². The maximum absolute atomic E-state index is 13.7. The van der Waals surface area contributed by atoms with E-state index in [1.165, 1.54) is 13.2 Å². The molecule has 1 saturated carbocycles. The van der Waals surface area contributed by atoms with Gasteiger partial charge in [0.05, 0.1) is 24.8 Å². The second kappa shape index (κ2) is 10.3. The number of methoxy groups -OCH3 is 1. The van der Waals surface area contributed by atoms with Gasteiger partial charge < -0.3 is 18.9 Å². The molecule has 0 radical (unpaired) electrons. The zero-order valence-electron chi connectivity index (χ0n) is 22.2. The van der Waals surface area contributed by atoms with Crippen LogP contribution in [0, 0.1) is 5.92 Å². The van der Waals surface area contributed by atoms with E-state index in [0.717, 1.165) is 25.0 Å². The minimum absolute atomic E-state index is 0.0100. The predicted octanol–water partition coefficient (Wildman–Crippen LogP) is 5.70. The van der Waals surface area contributed by atoms with Gasteiger partial charge in [-0.1, -0.05) is 0 Å². The van der Waals surface area contributed by atoms with Crippen molar-refractivity contribution in [1.29, 1.82) is 0 Å². The minimum atomic E-state index is -4.55. The maximum atomic E-state index is 13.7. The molecule has 0 N–H and O–H groups in total. The molecule has 1 aliphatic rings. The molecule has 38 heavy (non-hydrogen) atoms. The molecule has 204 valence electrons. The molecule has 3 aromatic rings. The molecule has 2 aromatic heterocycles. The molecule has 0 spiro atoms. The van der Waals surface area contributed by atoms with Crippen LogP contribution in [0.4, 0.5) is 13.2 Å². The highest BCUT2D eigenvalue weighted by Gasteiger charge is 2.35. The van der Waals surface area contributed by atoms with Gasteiger partial charge in [-0.2, -0.15) is 18.2 Å². The van der Waals surface area contributed by atoms with E-state index in [2.05, 4.69) is 4.98 Å². The number of esters is 1. The molecule has 2 heterocycles. The van der Waals surface area contributed by atoms with Crippen molar-refractivity contribution in [3.8, 4) is 11.6 Å². The lowest BCUT2D eigenvalue weighted by molar-refractivity contribution is -0.154. The Bertz CT molecular complexity index is 1350. The highest BCUT2D eigenvalue weighted by Crippen LogP contribution is 2.36. The number of pyridine rings is 1. The van der Waals surface area contributed by atoms with Crippen LogP contribution in [-0.4, -0.2) is 45.6 Å². The quantitative estimate of drug-likeness (QED) is 0.349. The summed E-state index contributed by atoms with van der Waals surface area (Å²) in [5, 5.41) is 0.643. The van der Waals surface area contributed by atoms with Gasteiger partial charge in [0.1, 0.15) is 11.2 Å². The summed E-state index contributed by atoms with van der Waals surface area (Å²) >= 11 is 0. The Morgan fingerprint density at radius 1 is 1.11 bits per heavy atom. The van der Waals surface area contributed by atoms with Crippen molar-refractivity contribution in [2.45, 2.75) is 65.3 Å². The Labute approximate surface area is 219 Å². The third-order valence-corrected chi connectivity index (χ3v) is 6.32. The molecule has 1 aromatic carbocycles. The van der Waals surface area contributed by atoms with E-state index in [9.17, 15) is 22.8 Å². The number of fused-ring (bicyclic) bond motifs is 1. The van der Waals surface area contributed by atoms with Gasteiger partial charge in [0, 0.05) is 36.7 Å². The van der Waals surface area contributed by atoms with Crippen LogP contribution in [0.1, 0.15) is 57.2 Å². The van der Waals surface area contributed by atoms with Crippen LogP contribution in [0.2, 0.25) is 0 Å². The second-order valence-corrected chi connectivity index (χ2v) is 10.5. The zero-order valence-corrected chi connectivity index (χ0v) is 22.2. The first-order valence-corrected chi connectivity index (χ1v) is 12.6. The number of carbonyl (C=O) groups is 2. The van der Waals surface area contributed by atoms with Crippen molar-refractivity contribution in [3.05, 3.63) is 53.2 Å². The number of hydrogen-bond acceptors (Lipinski definition) is 5. The lowest BCUT2D eigenvalue weighted by atomic mass is 10.1. The SMILES string of the molecule is CCN(Cc1cc(C(F)(F)F)ccc1-n1cc(CC(=O)OC(C)(C)C)c2ccc(OC)nc21)C(=O)C1CC1. The zero-order chi connectivity index (χ0) is 27.8. The first-order valence-electron chi connectivity index (χ1n) is 12.6. The van der Waals surface area contributed by atoms with Crippen LogP contribution in [0.25, 0.3) is 16.7 Å². The monoisotopic (exact) mass is 531 g/mol. The number of rotatable bonds is 8. The van der Waals surface area contributed by atoms with Crippen molar-refractivity contribution in [2.24, 2.45) is 5.92 Å². The Balaban J connectivity index is 1.85. The van der Waals surface area contributed by atoms with Crippen LogP contribution in [0.5, 0.6) is 5.88 Å². The fourth-order valence-electron chi connectivity index (χ4n) is 4.39. The van der Waals surface area contributed by atoms with Crippen molar-refractivity contribution >= 4 is 22.9 Å². The number of alkyl halides is 3. The van der Waals surface area contributed by atoms with Crippen LogP contribution in [0.3, 0.4) is 0 Å². The molecule has 0 bridgehead atoms. The van der Waals surface area contributed by atoms with E-state index in [0.29, 0.717) is 40.3 Å². The van der Waals surface area contributed by atoms with Gasteiger partial charge in [0.2, 0.25) is 11.8 Å². The van der Waals surface area contributed by atoms with E-state index in [1.807, 2.05) is 6.92 Å². The number of ether oxygens (including phenoxy) is 2. The lowest BCUT2D eigenvalue weighted by Crippen LogP contribution is -2.32. The maximum Gasteiger partial charge on any atom is 0.416 e. The predicted molar refractivity (Wildman–Crippen MR) is 136 cm³/mol. The summed E-state index contributed by atoms with van der Waals surface area (Å²) in [6.07, 6.45) is -1.32. The average molecular weight is 532 g/mol. The van der Waals surface area contributed by atoms with Gasteiger partial charge in [-0.05, 0) is 75.9 Å². The average Bonchev–Trinajstić information content (AvgIpc) is 3.63. The molecular weight excluding hydrogens is 499 g/mol. The molecule has 0 atom stereocenters. The number of halogens is 3. The Hall–Kier alpha value is -3.56. The molecule has 0 saturated heterocycles. The van der Waals surface area contributed by atoms with Gasteiger partial charge in [-0.3, -0.25) is 9.59 Å². The van der Waals surface area contributed by atoms with E-state index in [4.69, 9.17) is 9.47 Å². The van der Waals surface area contributed by atoms with Gasteiger partial charge >= 0.3 is 12.1 Å². The summed E-state index contributed by atoms with van der Waals surface area (Å²) in [5.74, 6) is -0.248. The normalized spacial score (nSPS) is 14.0. The summed E-state index contributed by atoms with van der Waals surface area (Å²) in [6, 6.07) is 6.89. The third kappa shape index (κ3) is 6.11. The Kier molecular flexibility index (Phi) is 7.45. The van der Waals surface area contributed by atoms with Crippen LogP contribution in [0.15, 0.2) is 36.5 Å². The number of carbonyl (C=O) groups excluding carboxylic acids is 2. The van der Waals surface area contributed by atoms with Crippen molar-refractivity contribution in [1.82, 2.24) is 14.5 Å².